The zero-order valence-electron chi connectivity index (χ0n) is 20.5. The van der Waals surface area contributed by atoms with Crippen LogP contribution in [0.3, 0.4) is 0 Å². The topological polar surface area (TPSA) is 85.3 Å². The second-order valence-electron chi connectivity index (χ2n) is 12.0. The smallest absolute Gasteiger partial charge is 0.223 e. The number of hydrogen-bond donors (Lipinski definition) is 3. The number of nitrogens with one attached hydrogen (secondary N) is 1. The van der Waals surface area contributed by atoms with Crippen LogP contribution in [-0.4, -0.2) is 82.9 Å². The minimum Gasteiger partial charge on any atom is -0.504 e. The average Bonchev–Trinajstić information content (AvgIpc) is 3.56. The predicted octanol–water partition coefficient (Wildman–Crippen LogP) is 2.20. The van der Waals surface area contributed by atoms with Crippen molar-refractivity contribution in [2.45, 2.75) is 80.6 Å². The van der Waals surface area contributed by atoms with E-state index in [2.05, 4.69) is 22.2 Å². The lowest BCUT2D eigenvalue weighted by atomic mass is 9.48. The highest BCUT2D eigenvalue weighted by atomic mass is 35.5. The summed E-state index contributed by atoms with van der Waals surface area (Å²) >= 11 is 0. The molecule has 4 fully saturated rings. The highest BCUT2D eigenvalue weighted by molar-refractivity contribution is 5.85. The Labute approximate surface area is 213 Å². The number of likely N-dealkylation sites (tertiary alicyclic amines) is 2. The van der Waals surface area contributed by atoms with E-state index < -0.39 is 11.0 Å². The molecule has 8 heteroatoms. The molecule has 2 bridgehead atoms. The molecule has 0 unspecified atom stereocenters. The molecule has 35 heavy (non-hydrogen) atoms. The molecule has 6 aliphatic rings. The molecule has 3 heterocycles. The Hall–Kier alpha value is -1.54. The van der Waals surface area contributed by atoms with Crippen molar-refractivity contribution >= 4 is 18.3 Å². The molecule has 2 saturated carbocycles. The average molecular weight is 504 g/mol. The lowest BCUT2D eigenvalue weighted by Gasteiger charge is -2.64. The van der Waals surface area contributed by atoms with Gasteiger partial charge in [0.25, 0.3) is 0 Å². The second-order valence-corrected chi connectivity index (χ2v) is 12.0. The molecular formula is C27H38ClN3O4. The first-order chi connectivity index (χ1) is 16.4. The fraction of sp³-hybridized carbons (Fsp3) is 0.741. The summed E-state index contributed by atoms with van der Waals surface area (Å²) in [5, 5.41) is 26.6. The van der Waals surface area contributed by atoms with Gasteiger partial charge in [-0.15, -0.1) is 12.4 Å². The normalized spacial score (nSPS) is 38.3. The summed E-state index contributed by atoms with van der Waals surface area (Å²) in [6.07, 6.45) is 7.02. The highest BCUT2D eigenvalue weighted by Crippen LogP contribution is 2.65. The van der Waals surface area contributed by atoms with Crippen LogP contribution in [0.25, 0.3) is 0 Å². The van der Waals surface area contributed by atoms with Gasteiger partial charge in [-0.1, -0.05) is 6.07 Å². The quantitative estimate of drug-likeness (QED) is 0.584. The summed E-state index contributed by atoms with van der Waals surface area (Å²) in [7, 11) is 2.11. The molecule has 3 aliphatic heterocycles. The lowest BCUT2D eigenvalue weighted by Crippen LogP contribution is -2.78. The third kappa shape index (κ3) is 3.30. The molecular weight excluding hydrogens is 466 g/mol. The maximum Gasteiger partial charge on any atom is 0.223 e. The van der Waals surface area contributed by atoms with Gasteiger partial charge in [-0.05, 0) is 95.6 Å². The Morgan fingerprint density at radius 3 is 2.66 bits per heavy atom. The molecule has 7 nitrogen and oxygen atoms in total. The number of aliphatic hydroxyl groups is 1. The first kappa shape index (κ1) is 23.8. The van der Waals surface area contributed by atoms with Crippen molar-refractivity contribution in [2.75, 3.05) is 33.2 Å². The first-order valence-electron chi connectivity index (χ1n) is 13.4. The van der Waals surface area contributed by atoms with Crippen LogP contribution in [0.15, 0.2) is 12.1 Å². The fourth-order valence-corrected chi connectivity index (χ4v) is 8.20. The molecule has 1 spiro atoms. The standard InChI is InChI=1S/C27H37N3O4.ClH/c1-29-11-7-17(8-12-29)25(32)28-19-6-9-27(33)21-14-18-4-5-20(31)23-22(18)26(27,24(19)34-23)10-13-30(21)15-16-2-3-16;/h4-5,16-17,19,21,24,31,33H,2-3,6-15H2,1H3,(H,28,32);1H/t19-,21-,24+,26+,27-;/m1./s1. The number of benzene rings is 1. The Morgan fingerprint density at radius 2 is 1.91 bits per heavy atom. The molecule has 1 aromatic carbocycles. The number of nitrogens with zero attached hydrogens (tertiary/aromatic N) is 2. The van der Waals surface area contributed by atoms with Crippen molar-refractivity contribution < 1.29 is 19.7 Å². The maximum absolute atomic E-state index is 13.3. The largest absolute Gasteiger partial charge is 0.504 e. The van der Waals surface area contributed by atoms with Crippen molar-refractivity contribution in [3.63, 3.8) is 0 Å². The van der Waals surface area contributed by atoms with E-state index in [0.29, 0.717) is 18.6 Å². The van der Waals surface area contributed by atoms with E-state index in [0.717, 1.165) is 63.3 Å². The summed E-state index contributed by atoms with van der Waals surface area (Å²) in [5.41, 5.74) is 0.766. The van der Waals surface area contributed by atoms with Crippen LogP contribution in [0.2, 0.25) is 0 Å². The van der Waals surface area contributed by atoms with E-state index in [-0.39, 0.29) is 48.2 Å². The Kier molecular flexibility index (Phi) is 5.61. The minimum atomic E-state index is -0.897. The van der Waals surface area contributed by atoms with Crippen LogP contribution in [0.5, 0.6) is 11.5 Å². The number of phenols is 1. The third-order valence-electron chi connectivity index (χ3n) is 10.2. The van der Waals surface area contributed by atoms with E-state index in [4.69, 9.17) is 4.74 Å². The van der Waals surface area contributed by atoms with Crippen LogP contribution >= 0.6 is 12.4 Å². The van der Waals surface area contributed by atoms with Crippen molar-refractivity contribution in [1.82, 2.24) is 15.1 Å². The van der Waals surface area contributed by atoms with Gasteiger partial charge < -0.3 is 25.2 Å². The zero-order valence-corrected chi connectivity index (χ0v) is 21.4. The van der Waals surface area contributed by atoms with Crippen molar-refractivity contribution in [3.05, 3.63) is 23.3 Å². The molecule has 3 aliphatic carbocycles. The van der Waals surface area contributed by atoms with Crippen LogP contribution in [0, 0.1) is 11.8 Å². The zero-order chi connectivity index (χ0) is 23.2. The lowest BCUT2D eigenvalue weighted by molar-refractivity contribution is -0.192. The molecule has 1 aromatic rings. The summed E-state index contributed by atoms with van der Waals surface area (Å²) in [6.45, 7) is 3.92. The molecule has 1 amide bonds. The van der Waals surface area contributed by atoms with Crippen molar-refractivity contribution in [2.24, 2.45) is 11.8 Å². The summed E-state index contributed by atoms with van der Waals surface area (Å²) in [6, 6.07) is 3.71. The number of hydrogen-bond acceptors (Lipinski definition) is 6. The van der Waals surface area contributed by atoms with Crippen LogP contribution in [0.4, 0.5) is 0 Å². The number of ether oxygens (including phenoxy) is 1. The van der Waals surface area contributed by atoms with Crippen LogP contribution in [0.1, 0.15) is 56.1 Å². The van der Waals surface area contributed by atoms with Gasteiger partial charge in [0, 0.05) is 24.1 Å². The molecule has 192 valence electrons. The SMILES string of the molecule is CN1CCC(C(=O)N[C@@H]2CC[C@@]3(O)[C@H]4Cc5ccc(O)c6c5[C@@]3(CCN4CC3CC3)[C@H]2O6)CC1.Cl. The number of amides is 1. The van der Waals surface area contributed by atoms with Gasteiger partial charge in [-0.2, -0.15) is 0 Å². The molecule has 0 radical (unpaired) electrons. The second kappa shape index (κ2) is 8.23. The van der Waals surface area contributed by atoms with Gasteiger partial charge in [-0.25, -0.2) is 0 Å². The monoisotopic (exact) mass is 503 g/mol. The minimum absolute atomic E-state index is 0. The number of phenolic OH excluding ortho intramolecular Hbond substituents is 1. The number of carbonyl (C=O) groups is 1. The molecule has 0 aromatic heterocycles. The van der Waals surface area contributed by atoms with E-state index in [9.17, 15) is 15.0 Å². The van der Waals surface area contributed by atoms with Gasteiger partial charge in [0.15, 0.2) is 11.5 Å². The molecule has 3 N–H and O–H groups in total. The van der Waals surface area contributed by atoms with Crippen LogP contribution in [-0.2, 0) is 16.6 Å². The van der Waals surface area contributed by atoms with Gasteiger partial charge in [-0.3, -0.25) is 9.69 Å². The van der Waals surface area contributed by atoms with Gasteiger partial charge in [0.05, 0.1) is 17.1 Å². The van der Waals surface area contributed by atoms with Crippen molar-refractivity contribution in [3.8, 4) is 11.5 Å². The number of carbonyl (C=O) groups excluding carboxylic acids is 1. The number of piperidine rings is 2. The van der Waals surface area contributed by atoms with E-state index in [1.54, 1.807) is 6.07 Å². The predicted molar refractivity (Wildman–Crippen MR) is 134 cm³/mol. The van der Waals surface area contributed by atoms with Gasteiger partial charge in [0.2, 0.25) is 5.91 Å². The third-order valence-corrected chi connectivity index (χ3v) is 10.2. The summed E-state index contributed by atoms with van der Waals surface area (Å²) < 4.78 is 6.57. The summed E-state index contributed by atoms with van der Waals surface area (Å²) in [5.74, 6) is 1.65. The van der Waals surface area contributed by atoms with Gasteiger partial charge >= 0.3 is 0 Å². The Balaban J connectivity index is 0.00000229. The highest BCUT2D eigenvalue weighted by Gasteiger charge is 2.73. The summed E-state index contributed by atoms with van der Waals surface area (Å²) in [4.78, 5) is 18.1. The fourth-order valence-electron chi connectivity index (χ4n) is 8.20. The van der Waals surface area contributed by atoms with Crippen LogP contribution < -0.4 is 10.1 Å². The molecule has 7 rings (SSSR count). The molecule has 2 saturated heterocycles. The number of aromatic hydroxyl groups is 1. The molecule has 5 atom stereocenters. The number of rotatable bonds is 4. The van der Waals surface area contributed by atoms with Gasteiger partial charge in [0.1, 0.15) is 6.10 Å². The van der Waals surface area contributed by atoms with E-state index in [1.807, 2.05) is 6.07 Å². The Morgan fingerprint density at radius 1 is 1.14 bits per heavy atom. The number of halogens is 1. The Bertz CT molecular complexity index is 1030. The van der Waals surface area contributed by atoms with E-state index in [1.165, 1.54) is 18.4 Å². The maximum atomic E-state index is 13.3. The van der Waals surface area contributed by atoms with Crippen molar-refractivity contribution in [1.29, 1.82) is 0 Å². The first-order valence-corrected chi connectivity index (χ1v) is 13.4. The van der Waals surface area contributed by atoms with E-state index >= 15 is 0 Å².